The Kier molecular flexibility index (Phi) is 2.79. The molecule has 6 heteroatoms. The Balaban J connectivity index is 2.44. The number of halogens is 2. The molecule has 0 bridgehead atoms. The highest BCUT2D eigenvalue weighted by Crippen LogP contribution is 2.27. The van der Waals surface area contributed by atoms with Crippen LogP contribution in [0.1, 0.15) is 12.0 Å². The molecule has 4 nitrogen and oxygen atoms in total. The lowest BCUT2D eigenvalue weighted by Crippen LogP contribution is -2.50. The molecule has 1 fully saturated rings. The van der Waals surface area contributed by atoms with Crippen molar-refractivity contribution in [2.75, 3.05) is 11.4 Å². The maximum atomic E-state index is 13.8. The van der Waals surface area contributed by atoms with Gasteiger partial charge in [-0.3, -0.25) is 15.0 Å². The van der Waals surface area contributed by atoms with Crippen molar-refractivity contribution in [3.8, 4) is 0 Å². The Morgan fingerprint density at radius 2 is 2.00 bits per heavy atom. The van der Waals surface area contributed by atoms with E-state index in [1.54, 1.807) is 0 Å². The van der Waals surface area contributed by atoms with E-state index in [2.05, 4.69) is 0 Å². The highest BCUT2D eigenvalue weighted by Gasteiger charge is 2.29. The Labute approximate surface area is 96.2 Å². The molecule has 1 aromatic carbocycles. The van der Waals surface area contributed by atoms with Crippen molar-refractivity contribution in [2.45, 2.75) is 13.3 Å². The SMILES string of the molecule is Cc1ccc(F)c(N2CCC(=O)NC2=O)c1F. The number of urea groups is 1. The van der Waals surface area contributed by atoms with Crippen molar-refractivity contribution in [1.29, 1.82) is 0 Å². The molecule has 1 saturated heterocycles. The first kappa shape index (κ1) is 11.5. The van der Waals surface area contributed by atoms with Gasteiger partial charge < -0.3 is 0 Å². The highest BCUT2D eigenvalue weighted by atomic mass is 19.1. The topological polar surface area (TPSA) is 49.4 Å². The molecule has 1 aliphatic rings. The lowest BCUT2D eigenvalue weighted by atomic mass is 10.1. The monoisotopic (exact) mass is 240 g/mol. The summed E-state index contributed by atoms with van der Waals surface area (Å²) < 4.78 is 27.3. The fourth-order valence-corrected chi connectivity index (χ4v) is 1.67. The van der Waals surface area contributed by atoms with Crippen LogP contribution in [0.15, 0.2) is 12.1 Å². The van der Waals surface area contributed by atoms with Crippen LogP contribution in [-0.2, 0) is 4.79 Å². The summed E-state index contributed by atoms with van der Waals surface area (Å²) in [6.45, 7) is 1.45. The lowest BCUT2D eigenvalue weighted by molar-refractivity contribution is -0.120. The van der Waals surface area contributed by atoms with Gasteiger partial charge in [-0.05, 0) is 18.6 Å². The summed E-state index contributed by atoms with van der Waals surface area (Å²) in [7, 11) is 0. The minimum Gasteiger partial charge on any atom is -0.288 e. The fourth-order valence-electron chi connectivity index (χ4n) is 1.67. The second-order valence-electron chi connectivity index (χ2n) is 3.78. The molecule has 0 radical (unpaired) electrons. The van der Waals surface area contributed by atoms with Gasteiger partial charge in [-0.2, -0.15) is 0 Å². The Morgan fingerprint density at radius 1 is 1.29 bits per heavy atom. The average Bonchev–Trinajstić information content (AvgIpc) is 2.27. The van der Waals surface area contributed by atoms with Gasteiger partial charge in [0.05, 0.1) is 0 Å². The first-order valence-electron chi connectivity index (χ1n) is 5.06. The van der Waals surface area contributed by atoms with Gasteiger partial charge in [0.15, 0.2) is 5.82 Å². The third-order valence-electron chi connectivity index (χ3n) is 2.58. The van der Waals surface area contributed by atoms with E-state index < -0.39 is 29.3 Å². The molecule has 2 rings (SSSR count). The van der Waals surface area contributed by atoms with Crippen molar-refractivity contribution < 1.29 is 18.4 Å². The number of carbonyl (C=O) groups is 2. The second kappa shape index (κ2) is 4.12. The molecule has 0 atom stereocenters. The number of hydrogen-bond acceptors (Lipinski definition) is 2. The van der Waals surface area contributed by atoms with Crippen LogP contribution in [-0.4, -0.2) is 18.5 Å². The number of anilines is 1. The van der Waals surface area contributed by atoms with Crippen LogP contribution in [0.25, 0.3) is 0 Å². The predicted molar refractivity (Wildman–Crippen MR) is 56.6 cm³/mol. The van der Waals surface area contributed by atoms with Crippen LogP contribution in [0.5, 0.6) is 0 Å². The van der Waals surface area contributed by atoms with E-state index in [9.17, 15) is 18.4 Å². The van der Waals surface area contributed by atoms with Gasteiger partial charge in [0, 0.05) is 13.0 Å². The summed E-state index contributed by atoms with van der Waals surface area (Å²) in [4.78, 5) is 23.3. The molecular formula is C11H10F2N2O2. The summed E-state index contributed by atoms with van der Waals surface area (Å²) in [5.74, 6) is -2.05. The largest absolute Gasteiger partial charge is 0.328 e. The molecule has 0 spiro atoms. The summed E-state index contributed by atoms with van der Waals surface area (Å²) >= 11 is 0. The number of imide groups is 1. The highest BCUT2D eigenvalue weighted by molar-refractivity contribution is 6.05. The number of rotatable bonds is 1. The maximum Gasteiger partial charge on any atom is 0.328 e. The summed E-state index contributed by atoms with van der Waals surface area (Å²) in [5, 5.41) is 2.02. The summed E-state index contributed by atoms with van der Waals surface area (Å²) in [6.07, 6.45) is 0.0264. The van der Waals surface area contributed by atoms with Crippen LogP contribution >= 0.6 is 0 Å². The normalized spacial score (nSPS) is 16.1. The predicted octanol–water partition coefficient (Wildman–Crippen LogP) is 1.72. The summed E-state index contributed by atoms with van der Waals surface area (Å²) in [5.41, 5.74) is -0.166. The van der Waals surface area contributed by atoms with Crippen molar-refractivity contribution in [1.82, 2.24) is 5.32 Å². The van der Waals surface area contributed by atoms with Crippen molar-refractivity contribution in [2.24, 2.45) is 0 Å². The molecule has 3 amide bonds. The molecule has 17 heavy (non-hydrogen) atoms. The van der Waals surface area contributed by atoms with E-state index in [4.69, 9.17) is 0 Å². The van der Waals surface area contributed by atoms with E-state index in [1.807, 2.05) is 5.32 Å². The standard InChI is InChI=1S/C11H10F2N2O2/c1-6-2-3-7(12)10(9(6)13)15-5-4-8(16)14-11(15)17/h2-3H,4-5H2,1H3,(H,14,16,17). The Morgan fingerprint density at radius 3 is 2.65 bits per heavy atom. The first-order chi connectivity index (χ1) is 8.00. The van der Waals surface area contributed by atoms with Gasteiger partial charge in [-0.1, -0.05) is 6.07 Å². The number of hydrogen-bond donors (Lipinski definition) is 1. The number of nitrogens with zero attached hydrogens (tertiary/aromatic N) is 1. The third kappa shape index (κ3) is 1.98. The molecule has 1 aliphatic heterocycles. The van der Waals surface area contributed by atoms with E-state index in [0.717, 1.165) is 11.0 Å². The van der Waals surface area contributed by atoms with E-state index in [-0.39, 0.29) is 18.5 Å². The van der Waals surface area contributed by atoms with Crippen LogP contribution in [0.4, 0.5) is 19.3 Å². The third-order valence-corrected chi connectivity index (χ3v) is 2.58. The van der Waals surface area contributed by atoms with Crippen LogP contribution in [0.2, 0.25) is 0 Å². The molecule has 0 aliphatic carbocycles. The van der Waals surface area contributed by atoms with Crippen molar-refractivity contribution in [3.05, 3.63) is 29.3 Å². The quantitative estimate of drug-likeness (QED) is 0.812. The van der Waals surface area contributed by atoms with Gasteiger partial charge in [0.25, 0.3) is 0 Å². The molecule has 1 heterocycles. The van der Waals surface area contributed by atoms with Gasteiger partial charge in [-0.25, -0.2) is 13.6 Å². The van der Waals surface area contributed by atoms with E-state index in [0.29, 0.717) is 0 Å². The minimum absolute atomic E-state index is 0.0258. The molecule has 1 aromatic rings. The zero-order chi connectivity index (χ0) is 12.6. The number of nitrogens with one attached hydrogen (secondary N) is 1. The van der Waals surface area contributed by atoms with Crippen LogP contribution in [0.3, 0.4) is 0 Å². The van der Waals surface area contributed by atoms with Gasteiger partial charge >= 0.3 is 6.03 Å². The number of benzene rings is 1. The smallest absolute Gasteiger partial charge is 0.288 e. The van der Waals surface area contributed by atoms with Crippen molar-refractivity contribution >= 4 is 17.6 Å². The molecule has 0 unspecified atom stereocenters. The molecule has 1 N–H and O–H groups in total. The Hall–Kier alpha value is -1.98. The van der Waals surface area contributed by atoms with Gasteiger partial charge in [0.1, 0.15) is 11.5 Å². The zero-order valence-electron chi connectivity index (χ0n) is 9.09. The molecule has 90 valence electrons. The number of carbonyl (C=O) groups excluding carboxylic acids is 2. The lowest BCUT2D eigenvalue weighted by Gasteiger charge is -2.27. The second-order valence-corrected chi connectivity index (χ2v) is 3.78. The molecule has 0 saturated carbocycles. The van der Waals surface area contributed by atoms with E-state index in [1.165, 1.54) is 13.0 Å². The maximum absolute atomic E-state index is 13.8. The average molecular weight is 240 g/mol. The Bertz CT molecular complexity index is 502. The zero-order valence-corrected chi connectivity index (χ0v) is 9.09. The van der Waals surface area contributed by atoms with Gasteiger partial charge in [0.2, 0.25) is 5.91 Å². The number of aryl methyl sites for hydroxylation is 1. The van der Waals surface area contributed by atoms with Crippen molar-refractivity contribution in [3.63, 3.8) is 0 Å². The van der Waals surface area contributed by atoms with Crippen LogP contribution < -0.4 is 10.2 Å². The minimum atomic E-state index is -0.822. The first-order valence-corrected chi connectivity index (χ1v) is 5.06. The molecule has 0 aromatic heterocycles. The fraction of sp³-hybridized carbons (Fsp3) is 0.273. The van der Waals surface area contributed by atoms with Gasteiger partial charge in [-0.15, -0.1) is 0 Å². The summed E-state index contributed by atoms with van der Waals surface area (Å²) in [6, 6.07) is 1.59. The molecular weight excluding hydrogens is 230 g/mol. The van der Waals surface area contributed by atoms with Crippen LogP contribution in [0, 0.1) is 18.6 Å². The number of amides is 3. The van der Waals surface area contributed by atoms with E-state index >= 15 is 0 Å².